The first-order valence-electron chi connectivity index (χ1n) is 9.12. The van der Waals surface area contributed by atoms with Crippen molar-refractivity contribution in [3.05, 3.63) is 21.0 Å². The van der Waals surface area contributed by atoms with Gasteiger partial charge in [0.1, 0.15) is 10.1 Å². The van der Waals surface area contributed by atoms with Crippen molar-refractivity contribution in [2.75, 3.05) is 11.9 Å². The number of amides is 1. The van der Waals surface area contributed by atoms with Gasteiger partial charge in [-0.1, -0.05) is 19.3 Å². The highest BCUT2D eigenvalue weighted by molar-refractivity contribution is 9.10. The molecule has 26 heavy (non-hydrogen) atoms. The van der Waals surface area contributed by atoms with Crippen molar-refractivity contribution in [2.24, 2.45) is 13.0 Å². The van der Waals surface area contributed by atoms with Crippen molar-refractivity contribution in [1.82, 2.24) is 15.1 Å². The van der Waals surface area contributed by atoms with Crippen LogP contribution in [0.15, 0.2) is 15.5 Å². The maximum absolute atomic E-state index is 12.1. The Kier molecular flexibility index (Phi) is 7.08. The van der Waals surface area contributed by atoms with Crippen LogP contribution in [0.3, 0.4) is 0 Å². The molecule has 1 atom stereocenters. The van der Waals surface area contributed by atoms with Crippen LogP contribution in [-0.2, 0) is 11.8 Å². The van der Waals surface area contributed by atoms with E-state index in [1.165, 1.54) is 23.9 Å². The molecule has 1 unspecified atom stereocenters. The van der Waals surface area contributed by atoms with Gasteiger partial charge in [0.25, 0.3) is 5.56 Å². The Morgan fingerprint density at radius 2 is 2.04 bits per heavy atom. The Hall–Kier alpha value is -1.57. The molecule has 2 N–H and O–H groups in total. The number of anilines is 1. The minimum absolute atomic E-state index is 0.00743. The van der Waals surface area contributed by atoms with E-state index in [-0.39, 0.29) is 11.6 Å². The van der Waals surface area contributed by atoms with Gasteiger partial charge in [-0.05, 0) is 55.5 Å². The Balaban J connectivity index is 2.10. The van der Waals surface area contributed by atoms with Crippen LogP contribution in [-0.4, -0.2) is 34.1 Å². The largest absolute Gasteiger partial charge is 0.444 e. The maximum atomic E-state index is 12.1. The van der Waals surface area contributed by atoms with Crippen LogP contribution in [0.2, 0.25) is 0 Å². The van der Waals surface area contributed by atoms with E-state index in [0.717, 1.165) is 12.8 Å². The number of nitrogens with one attached hydrogen (secondary N) is 2. The number of nitrogens with zero attached hydrogens (tertiary/aromatic N) is 2. The van der Waals surface area contributed by atoms with E-state index < -0.39 is 11.7 Å². The quantitative estimate of drug-likeness (QED) is 0.749. The lowest BCUT2D eigenvalue weighted by atomic mass is 9.83. The number of carbonyl (C=O) groups is 1. The highest BCUT2D eigenvalue weighted by Gasteiger charge is 2.26. The second kappa shape index (κ2) is 8.88. The third-order valence-electron chi connectivity index (χ3n) is 4.50. The molecule has 0 saturated heterocycles. The van der Waals surface area contributed by atoms with E-state index in [1.807, 2.05) is 20.8 Å². The van der Waals surface area contributed by atoms with Gasteiger partial charge in [0, 0.05) is 19.6 Å². The molecule has 1 aliphatic rings. The lowest BCUT2D eigenvalue weighted by Gasteiger charge is -2.32. The smallest absolute Gasteiger partial charge is 0.407 e. The standard InChI is InChI=1S/C18H29BrN4O3/c1-18(2,3)26-17(25)20-10-13(12-8-6-5-7-9-12)22-14-11-21-23(4)16(24)15(14)19/h11-13,22H,5-10H2,1-4H3,(H,20,25). The summed E-state index contributed by atoms with van der Waals surface area (Å²) < 4.78 is 7.06. The molecule has 1 fully saturated rings. The lowest BCUT2D eigenvalue weighted by Crippen LogP contribution is -2.43. The van der Waals surface area contributed by atoms with Gasteiger partial charge in [0.05, 0.1) is 11.9 Å². The zero-order valence-electron chi connectivity index (χ0n) is 16.0. The molecule has 1 aromatic heterocycles. The van der Waals surface area contributed by atoms with Gasteiger partial charge in [-0.25, -0.2) is 9.48 Å². The van der Waals surface area contributed by atoms with Crippen molar-refractivity contribution in [2.45, 2.75) is 64.5 Å². The number of rotatable bonds is 5. The number of hydrogen-bond acceptors (Lipinski definition) is 5. The molecule has 7 nitrogen and oxygen atoms in total. The van der Waals surface area contributed by atoms with Gasteiger partial charge in [-0.2, -0.15) is 5.10 Å². The summed E-state index contributed by atoms with van der Waals surface area (Å²) >= 11 is 3.36. The fourth-order valence-corrected chi connectivity index (χ4v) is 3.66. The average molecular weight is 429 g/mol. The Morgan fingerprint density at radius 1 is 1.38 bits per heavy atom. The van der Waals surface area contributed by atoms with Crippen molar-refractivity contribution in [3.8, 4) is 0 Å². The van der Waals surface area contributed by atoms with Gasteiger partial charge in [0.15, 0.2) is 0 Å². The molecule has 0 bridgehead atoms. The van der Waals surface area contributed by atoms with E-state index >= 15 is 0 Å². The van der Waals surface area contributed by atoms with Crippen LogP contribution >= 0.6 is 15.9 Å². The molecule has 0 aliphatic heterocycles. The number of hydrogen-bond donors (Lipinski definition) is 2. The number of aryl methyl sites for hydroxylation is 1. The predicted octanol–water partition coefficient (Wildman–Crippen LogP) is 3.43. The molecule has 146 valence electrons. The van der Waals surface area contributed by atoms with E-state index in [4.69, 9.17) is 4.74 Å². The summed E-state index contributed by atoms with van der Waals surface area (Å²) in [6, 6.07) is 0.00743. The summed E-state index contributed by atoms with van der Waals surface area (Å²) in [7, 11) is 1.61. The molecule has 8 heteroatoms. The molecule has 0 radical (unpaired) electrons. The first kappa shape index (κ1) is 20.7. The van der Waals surface area contributed by atoms with E-state index in [9.17, 15) is 9.59 Å². The number of ether oxygens (including phenoxy) is 1. The van der Waals surface area contributed by atoms with Gasteiger partial charge in [-0.15, -0.1) is 0 Å². The third kappa shape index (κ3) is 6.00. The minimum Gasteiger partial charge on any atom is -0.444 e. The van der Waals surface area contributed by atoms with Gasteiger partial charge in [0.2, 0.25) is 0 Å². The van der Waals surface area contributed by atoms with Gasteiger partial charge < -0.3 is 15.4 Å². The SMILES string of the molecule is Cn1ncc(NC(CNC(=O)OC(C)(C)C)C2CCCCC2)c(Br)c1=O. The number of carbonyl (C=O) groups excluding carboxylic acids is 1. The zero-order valence-corrected chi connectivity index (χ0v) is 17.6. The Labute approximate surface area is 163 Å². The second-order valence-corrected chi connectivity index (χ2v) is 8.63. The van der Waals surface area contributed by atoms with Crippen LogP contribution in [0, 0.1) is 5.92 Å². The van der Waals surface area contributed by atoms with Crippen LogP contribution in [0.25, 0.3) is 0 Å². The van der Waals surface area contributed by atoms with Gasteiger partial charge in [-0.3, -0.25) is 4.79 Å². The monoisotopic (exact) mass is 428 g/mol. The van der Waals surface area contributed by atoms with Crippen molar-refractivity contribution in [1.29, 1.82) is 0 Å². The number of aromatic nitrogens is 2. The summed E-state index contributed by atoms with van der Waals surface area (Å²) in [6.45, 7) is 5.95. The molecule has 1 aliphatic carbocycles. The van der Waals surface area contributed by atoms with E-state index in [1.54, 1.807) is 13.2 Å². The fourth-order valence-electron chi connectivity index (χ4n) is 3.19. The summed E-state index contributed by atoms with van der Waals surface area (Å²) in [4.78, 5) is 24.1. The van der Waals surface area contributed by atoms with Crippen LogP contribution in [0.1, 0.15) is 52.9 Å². The molecule has 0 aromatic carbocycles. The second-order valence-electron chi connectivity index (χ2n) is 7.83. The highest BCUT2D eigenvalue weighted by Crippen LogP contribution is 2.29. The first-order chi connectivity index (χ1) is 12.2. The Bertz CT molecular complexity index is 678. The van der Waals surface area contributed by atoms with Crippen LogP contribution in [0.4, 0.5) is 10.5 Å². The van der Waals surface area contributed by atoms with Gasteiger partial charge >= 0.3 is 6.09 Å². The Morgan fingerprint density at radius 3 is 2.65 bits per heavy atom. The van der Waals surface area contributed by atoms with Crippen LogP contribution < -0.4 is 16.2 Å². The molecule has 2 rings (SSSR count). The summed E-state index contributed by atoms with van der Waals surface area (Å²) in [5.74, 6) is 0.426. The zero-order chi connectivity index (χ0) is 19.3. The molecule has 1 heterocycles. The third-order valence-corrected chi connectivity index (χ3v) is 5.27. The molecular formula is C18H29BrN4O3. The number of alkyl carbamates (subject to hydrolysis) is 1. The van der Waals surface area contributed by atoms with E-state index in [2.05, 4.69) is 31.7 Å². The molecule has 1 aromatic rings. The van der Waals surface area contributed by atoms with E-state index in [0.29, 0.717) is 22.6 Å². The lowest BCUT2D eigenvalue weighted by molar-refractivity contribution is 0.0521. The first-order valence-corrected chi connectivity index (χ1v) is 9.92. The fraction of sp³-hybridized carbons (Fsp3) is 0.722. The molecular weight excluding hydrogens is 400 g/mol. The molecule has 1 amide bonds. The molecule has 1 saturated carbocycles. The number of halogens is 1. The maximum Gasteiger partial charge on any atom is 0.407 e. The topological polar surface area (TPSA) is 85.2 Å². The van der Waals surface area contributed by atoms with Crippen LogP contribution in [0.5, 0.6) is 0 Å². The highest BCUT2D eigenvalue weighted by atomic mass is 79.9. The van der Waals surface area contributed by atoms with Crippen molar-refractivity contribution in [3.63, 3.8) is 0 Å². The predicted molar refractivity (Wildman–Crippen MR) is 105 cm³/mol. The average Bonchev–Trinajstić information content (AvgIpc) is 2.57. The normalized spacial score (nSPS) is 16.8. The minimum atomic E-state index is -0.531. The molecule has 0 spiro atoms. The summed E-state index contributed by atoms with van der Waals surface area (Å²) in [6.07, 6.45) is 7.03. The van der Waals surface area contributed by atoms with Crippen molar-refractivity contribution >= 4 is 27.7 Å². The van der Waals surface area contributed by atoms with Crippen molar-refractivity contribution < 1.29 is 9.53 Å². The summed E-state index contributed by atoms with van der Waals surface area (Å²) in [5, 5.41) is 10.4. The summed E-state index contributed by atoms with van der Waals surface area (Å²) in [5.41, 5.74) is -0.0802.